The molecule has 0 amide bonds. The molecule has 0 bridgehead atoms. The average Bonchev–Trinajstić information content (AvgIpc) is 2.45. The van der Waals surface area contributed by atoms with Crippen LogP contribution in [-0.4, -0.2) is 61.2 Å². The van der Waals surface area contributed by atoms with Crippen LogP contribution in [0.5, 0.6) is 0 Å². The fourth-order valence-electron chi connectivity index (χ4n) is 3.84. The third-order valence-corrected chi connectivity index (χ3v) is 6.03. The fraction of sp³-hybridized carbons (Fsp3) is 1.00. The SMILES string of the molecule is CCC1(CC)CN(CC2(C)CCN(C)CC2)C(C)CN1. The molecule has 0 saturated carbocycles. The van der Waals surface area contributed by atoms with Crippen molar-refractivity contribution in [1.29, 1.82) is 0 Å². The lowest BCUT2D eigenvalue weighted by Crippen LogP contribution is -2.64. The summed E-state index contributed by atoms with van der Waals surface area (Å²) in [5, 5.41) is 3.82. The molecule has 1 N–H and O–H groups in total. The lowest BCUT2D eigenvalue weighted by molar-refractivity contribution is 0.0217. The van der Waals surface area contributed by atoms with Gasteiger partial charge in [-0.3, -0.25) is 4.90 Å². The molecule has 0 radical (unpaired) electrons. The monoisotopic (exact) mass is 281 g/mol. The summed E-state index contributed by atoms with van der Waals surface area (Å²) in [5.74, 6) is 0. The van der Waals surface area contributed by atoms with Gasteiger partial charge >= 0.3 is 0 Å². The quantitative estimate of drug-likeness (QED) is 0.854. The molecule has 3 nitrogen and oxygen atoms in total. The standard InChI is InChI=1S/C17H35N3/c1-6-17(7-2)14-20(15(3)12-18-17)13-16(4)8-10-19(5)11-9-16/h15,18H,6-14H2,1-5H3. The Kier molecular flexibility index (Phi) is 5.14. The highest BCUT2D eigenvalue weighted by Gasteiger charge is 2.39. The van der Waals surface area contributed by atoms with Crippen LogP contribution in [0.15, 0.2) is 0 Å². The molecule has 0 spiro atoms. The van der Waals surface area contributed by atoms with Crippen molar-refractivity contribution in [1.82, 2.24) is 15.1 Å². The fourth-order valence-corrected chi connectivity index (χ4v) is 3.84. The number of rotatable bonds is 4. The zero-order chi connectivity index (χ0) is 14.8. The van der Waals surface area contributed by atoms with Gasteiger partial charge in [0, 0.05) is 31.2 Å². The number of likely N-dealkylation sites (tertiary alicyclic amines) is 1. The van der Waals surface area contributed by atoms with Gasteiger partial charge in [-0.05, 0) is 58.2 Å². The molecular weight excluding hydrogens is 246 g/mol. The summed E-state index contributed by atoms with van der Waals surface area (Å²) in [5.41, 5.74) is 0.875. The number of nitrogens with zero attached hydrogens (tertiary/aromatic N) is 2. The molecule has 0 aromatic carbocycles. The maximum Gasteiger partial charge on any atom is 0.0304 e. The van der Waals surface area contributed by atoms with Crippen molar-refractivity contribution < 1.29 is 0 Å². The van der Waals surface area contributed by atoms with Crippen LogP contribution in [0.25, 0.3) is 0 Å². The van der Waals surface area contributed by atoms with E-state index in [0.29, 0.717) is 17.0 Å². The molecular formula is C17H35N3. The van der Waals surface area contributed by atoms with Gasteiger partial charge in [0.05, 0.1) is 0 Å². The first kappa shape index (κ1) is 16.3. The predicted octanol–water partition coefficient (Wildman–Crippen LogP) is 2.57. The van der Waals surface area contributed by atoms with Crippen molar-refractivity contribution in [3.05, 3.63) is 0 Å². The Morgan fingerprint density at radius 1 is 1.15 bits per heavy atom. The normalized spacial score (nSPS) is 31.4. The van der Waals surface area contributed by atoms with Crippen molar-refractivity contribution in [2.75, 3.05) is 39.8 Å². The van der Waals surface area contributed by atoms with E-state index in [1.165, 1.54) is 51.9 Å². The van der Waals surface area contributed by atoms with Crippen LogP contribution in [0.1, 0.15) is 53.4 Å². The second-order valence-corrected chi connectivity index (χ2v) is 7.74. The summed E-state index contributed by atoms with van der Waals surface area (Å²) >= 11 is 0. The molecule has 2 rings (SSSR count). The average molecular weight is 281 g/mol. The molecule has 1 unspecified atom stereocenters. The molecule has 2 saturated heterocycles. The van der Waals surface area contributed by atoms with E-state index >= 15 is 0 Å². The predicted molar refractivity (Wildman–Crippen MR) is 87.2 cm³/mol. The Labute approximate surface area is 126 Å². The van der Waals surface area contributed by atoms with Crippen LogP contribution in [0, 0.1) is 5.41 Å². The highest BCUT2D eigenvalue weighted by atomic mass is 15.3. The van der Waals surface area contributed by atoms with Gasteiger partial charge in [0.2, 0.25) is 0 Å². The Hall–Kier alpha value is -0.120. The molecule has 0 aliphatic carbocycles. The summed E-state index contributed by atoms with van der Waals surface area (Å²) in [6, 6.07) is 0.678. The second kappa shape index (κ2) is 6.33. The van der Waals surface area contributed by atoms with Crippen molar-refractivity contribution in [2.24, 2.45) is 5.41 Å². The van der Waals surface area contributed by atoms with Crippen molar-refractivity contribution in [3.63, 3.8) is 0 Å². The van der Waals surface area contributed by atoms with Crippen molar-refractivity contribution >= 4 is 0 Å². The van der Waals surface area contributed by atoms with E-state index in [4.69, 9.17) is 0 Å². The number of hydrogen-bond donors (Lipinski definition) is 1. The number of piperazine rings is 1. The van der Waals surface area contributed by atoms with Gasteiger partial charge in [-0.25, -0.2) is 0 Å². The summed E-state index contributed by atoms with van der Waals surface area (Å²) in [6.07, 6.45) is 5.19. The maximum atomic E-state index is 3.82. The number of piperidine rings is 1. The molecule has 2 aliphatic heterocycles. The third-order valence-electron chi connectivity index (χ3n) is 6.03. The summed E-state index contributed by atoms with van der Waals surface area (Å²) in [4.78, 5) is 5.25. The molecule has 2 aliphatic rings. The zero-order valence-corrected chi connectivity index (χ0v) is 14.3. The minimum atomic E-state index is 0.355. The van der Waals surface area contributed by atoms with Crippen LogP contribution < -0.4 is 5.32 Å². The minimum absolute atomic E-state index is 0.355. The molecule has 20 heavy (non-hydrogen) atoms. The summed E-state index contributed by atoms with van der Waals surface area (Å²) < 4.78 is 0. The van der Waals surface area contributed by atoms with E-state index in [2.05, 4.69) is 49.9 Å². The molecule has 2 fully saturated rings. The van der Waals surface area contributed by atoms with Gasteiger partial charge < -0.3 is 10.2 Å². The van der Waals surface area contributed by atoms with Crippen LogP contribution in [0.2, 0.25) is 0 Å². The van der Waals surface area contributed by atoms with E-state index < -0.39 is 0 Å². The lowest BCUT2D eigenvalue weighted by Gasteiger charge is -2.50. The molecule has 2 heterocycles. The summed E-state index contributed by atoms with van der Waals surface area (Å²) in [7, 11) is 2.26. The topological polar surface area (TPSA) is 18.5 Å². The highest BCUT2D eigenvalue weighted by molar-refractivity contribution is 4.97. The third kappa shape index (κ3) is 3.55. The van der Waals surface area contributed by atoms with Crippen molar-refractivity contribution in [2.45, 2.75) is 65.0 Å². The molecule has 3 heteroatoms. The van der Waals surface area contributed by atoms with Crippen LogP contribution >= 0.6 is 0 Å². The van der Waals surface area contributed by atoms with Crippen molar-refractivity contribution in [3.8, 4) is 0 Å². The first-order valence-corrected chi connectivity index (χ1v) is 8.60. The van der Waals surface area contributed by atoms with E-state index in [1.54, 1.807) is 0 Å². The zero-order valence-electron chi connectivity index (χ0n) is 14.3. The highest BCUT2D eigenvalue weighted by Crippen LogP contribution is 2.33. The van der Waals surface area contributed by atoms with Gasteiger partial charge in [0.15, 0.2) is 0 Å². The Morgan fingerprint density at radius 3 is 2.30 bits per heavy atom. The molecule has 1 atom stereocenters. The molecule has 118 valence electrons. The van der Waals surface area contributed by atoms with E-state index in [0.717, 1.165) is 6.54 Å². The van der Waals surface area contributed by atoms with Gasteiger partial charge in [-0.1, -0.05) is 20.8 Å². The Morgan fingerprint density at radius 2 is 1.75 bits per heavy atom. The molecule has 0 aromatic rings. The van der Waals surface area contributed by atoms with Gasteiger partial charge in [0.25, 0.3) is 0 Å². The first-order chi connectivity index (χ1) is 9.42. The first-order valence-electron chi connectivity index (χ1n) is 8.60. The van der Waals surface area contributed by atoms with Crippen LogP contribution in [-0.2, 0) is 0 Å². The smallest absolute Gasteiger partial charge is 0.0304 e. The van der Waals surface area contributed by atoms with Gasteiger partial charge in [-0.2, -0.15) is 0 Å². The summed E-state index contributed by atoms with van der Waals surface area (Å²) in [6.45, 7) is 15.8. The Balaban J connectivity index is 1.99. The lowest BCUT2D eigenvalue weighted by atomic mass is 9.78. The van der Waals surface area contributed by atoms with E-state index in [-0.39, 0.29) is 0 Å². The van der Waals surface area contributed by atoms with Gasteiger partial charge in [0.1, 0.15) is 0 Å². The number of hydrogen-bond acceptors (Lipinski definition) is 3. The maximum absolute atomic E-state index is 3.82. The number of nitrogens with one attached hydrogen (secondary N) is 1. The minimum Gasteiger partial charge on any atom is -0.308 e. The second-order valence-electron chi connectivity index (χ2n) is 7.74. The molecule has 0 aromatic heterocycles. The Bertz CT molecular complexity index is 303. The van der Waals surface area contributed by atoms with Gasteiger partial charge in [-0.15, -0.1) is 0 Å². The van der Waals surface area contributed by atoms with E-state index in [9.17, 15) is 0 Å². The van der Waals surface area contributed by atoms with Crippen LogP contribution in [0.3, 0.4) is 0 Å². The van der Waals surface area contributed by atoms with E-state index in [1.807, 2.05) is 0 Å². The largest absolute Gasteiger partial charge is 0.308 e. The van der Waals surface area contributed by atoms with Crippen LogP contribution in [0.4, 0.5) is 0 Å².